The first-order valence-corrected chi connectivity index (χ1v) is 8.32. The van der Waals surface area contributed by atoms with Gasteiger partial charge in [-0.05, 0) is 49.2 Å². The van der Waals surface area contributed by atoms with Crippen molar-refractivity contribution in [1.82, 2.24) is 4.90 Å². The standard InChI is InChI=1S/C17H17BrN2O3/c18-13-5-7-14(8-6-13)19-16(21)12-3-1-9-20(11-12)17(22)15-4-2-10-23-15/h2,4-8,10,12H,1,3,9,11H2,(H,19,21)/t12-/m1/s1. The summed E-state index contributed by atoms with van der Waals surface area (Å²) in [5.74, 6) is -0.0920. The van der Waals surface area contributed by atoms with Crippen molar-refractivity contribution >= 4 is 33.4 Å². The highest BCUT2D eigenvalue weighted by Crippen LogP contribution is 2.21. The van der Waals surface area contributed by atoms with Crippen LogP contribution in [0.4, 0.5) is 5.69 Å². The third-order valence-electron chi connectivity index (χ3n) is 3.92. The first-order chi connectivity index (χ1) is 11.1. The number of halogens is 1. The molecule has 5 nitrogen and oxygen atoms in total. The smallest absolute Gasteiger partial charge is 0.289 e. The minimum atomic E-state index is -0.202. The number of piperidine rings is 1. The molecule has 1 aromatic heterocycles. The van der Waals surface area contributed by atoms with E-state index in [1.807, 2.05) is 24.3 Å². The van der Waals surface area contributed by atoms with E-state index in [0.717, 1.165) is 23.0 Å². The highest BCUT2D eigenvalue weighted by molar-refractivity contribution is 9.10. The molecule has 0 spiro atoms. The molecule has 0 bridgehead atoms. The highest BCUT2D eigenvalue weighted by Gasteiger charge is 2.29. The topological polar surface area (TPSA) is 62.6 Å². The molecule has 0 aliphatic carbocycles. The molecule has 120 valence electrons. The van der Waals surface area contributed by atoms with E-state index in [2.05, 4.69) is 21.2 Å². The summed E-state index contributed by atoms with van der Waals surface area (Å²) < 4.78 is 6.12. The molecule has 6 heteroatoms. The summed E-state index contributed by atoms with van der Waals surface area (Å²) in [5, 5.41) is 2.91. The minimum Gasteiger partial charge on any atom is -0.459 e. The van der Waals surface area contributed by atoms with Gasteiger partial charge in [0, 0.05) is 23.2 Å². The zero-order valence-corrected chi connectivity index (χ0v) is 14.1. The number of carbonyl (C=O) groups excluding carboxylic acids is 2. The molecular weight excluding hydrogens is 360 g/mol. The molecule has 0 unspecified atom stereocenters. The summed E-state index contributed by atoms with van der Waals surface area (Å²) in [4.78, 5) is 26.4. The molecule has 2 amide bonds. The predicted octanol–water partition coefficient (Wildman–Crippen LogP) is 3.53. The largest absolute Gasteiger partial charge is 0.459 e. The average molecular weight is 377 g/mol. The highest BCUT2D eigenvalue weighted by atomic mass is 79.9. The first kappa shape index (κ1) is 15.8. The molecule has 1 fully saturated rings. The predicted molar refractivity (Wildman–Crippen MR) is 90.1 cm³/mol. The maximum absolute atomic E-state index is 12.4. The van der Waals surface area contributed by atoms with Gasteiger partial charge in [-0.1, -0.05) is 15.9 Å². The lowest BCUT2D eigenvalue weighted by molar-refractivity contribution is -0.121. The zero-order chi connectivity index (χ0) is 16.2. The van der Waals surface area contributed by atoms with Crippen molar-refractivity contribution in [2.45, 2.75) is 12.8 Å². The van der Waals surface area contributed by atoms with Crippen molar-refractivity contribution < 1.29 is 14.0 Å². The molecule has 2 aromatic rings. The summed E-state index contributed by atoms with van der Waals surface area (Å²) in [6.07, 6.45) is 3.07. The van der Waals surface area contributed by atoms with Crippen LogP contribution >= 0.6 is 15.9 Å². The first-order valence-electron chi connectivity index (χ1n) is 7.52. The fourth-order valence-electron chi connectivity index (χ4n) is 2.71. The molecular formula is C17H17BrN2O3. The van der Waals surface area contributed by atoms with Crippen molar-refractivity contribution in [1.29, 1.82) is 0 Å². The lowest BCUT2D eigenvalue weighted by atomic mass is 9.96. The second-order valence-electron chi connectivity index (χ2n) is 5.56. The number of anilines is 1. The summed E-state index contributed by atoms with van der Waals surface area (Å²) in [6.45, 7) is 1.07. The van der Waals surface area contributed by atoms with E-state index in [0.29, 0.717) is 18.8 Å². The maximum Gasteiger partial charge on any atom is 0.289 e. The molecule has 0 saturated carbocycles. The van der Waals surface area contributed by atoms with Crippen molar-refractivity contribution in [2.24, 2.45) is 5.92 Å². The Bertz CT molecular complexity index is 682. The monoisotopic (exact) mass is 376 g/mol. The molecule has 3 rings (SSSR count). The second-order valence-corrected chi connectivity index (χ2v) is 6.48. The number of nitrogens with one attached hydrogen (secondary N) is 1. The van der Waals surface area contributed by atoms with Crippen LogP contribution in [0.2, 0.25) is 0 Å². The number of carbonyl (C=O) groups is 2. The van der Waals surface area contributed by atoms with Crippen LogP contribution in [0.15, 0.2) is 51.6 Å². The van der Waals surface area contributed by atoms with Crippen molar-refractivity contribution in [3.05, 3.63) is 52.9 Å². The van der Waals surface area contributed by atoms with Crippen LogP contribution < -0.4 is 5.32 Å². The van der Waals surface area contributed by atoms with Gasteiger partial charge in [-0.15, -0.1) is 0 Å². The van der Waals surface area contributed by atoms with Gasteiger partial charge in [-0.25, -0.2) is 0 Å². The van der Waals surface area contributed by atoms with Gasteiger partial charge in [0.2, 0.25) is 5.91 Å². The van der Waals surface area contributed by atoms with Gasteiger partial charge >= 0.3 is 0 Å². The molecule has 1 aliphatic rings. The lowest BCUT2D eigenvalue weighted by Gasteiger charge is -2.31. The van der Waals surface area contributed by atoms with Gasteiger partial charge in [0.1, 0.15) is 0 Å². The molecule has 2 heterocycles. The third-order valence-corrected chi connectivity index (χ3v) is 4.45. The van der Waals surface area contributed by atoms with Crippen molar-refractivity contribution in [2.75, 3.05) is 18.4 Å². The van der Waals surface area contributed by atoms with Gasteiger partial charge < -0.3 is 14.6 Å². The summed E-state index contributed by atoms with van der Waals surface area (Å²) in [5.41, 5.74) is 0.757. The Morgan fingerprint density at radius 3 is 2.70 bits per heavy atom. The van der Waals surface area contributed by atoms with E-state index in [1.165, 1.54) is 6.26 Å². The van der Waals surface area contributed by atoms with Crippen LogP contribution in [-0.2, 0) is 4.79 Å². The number of benzene rings is 1. The summed E-state index contributed by atoms with van der Waals surface area (Å²) >= 11 is 3.37. The van der Waals surface area contributed by atoms with Crippen LogP contribution in [0.5, 0.6) is 0 Å². The average Bonchev–Trinajstić information content (AvgIpc) is 3.11. The van der Waals surface area contributed by atoms with Crippen LogP contribution in [0.3, 0.4) is 0 Å². The summed E-state index contributed by atoms with van der Waals surface area (Å²) in [7, 11) is 0. The Balaban J connectivity index is 1.62. The Morgan fingerprint density at radius 2 is 2.00 bits per heavy atom. The number of amides is 2. The van der Waals surface area contributed by atoms with E-state index >= 15 is 0 Å². The van der Waals surface area contributed by atoms with E-state index in [1.54, 1.807) is 17.0 Å². The second kappa shape index (κ2) is 7.00. The minimum absolute atomic E-state index is 0.0516. The molecule has 1 atom stereocenters. The van der Waals surface area contributed by atoms with E-state index in [4.69, 9.17) is 4.42 Å². The Kier molecular flexibility index (Phi) is 4.81. The Labute approximate surface area is 142 Å². The van der Waals surface area contributed by atoms with E-state index < -0.39 is 0 Å². The molecule has 1 saturated heterocycles. The number of hydrogen-bond donors (Lipinski definition) is 1. The molecule has 1 aromatic carbocycles. The number of hydrogen-bond acceptors (Lipinski definition) is 3. The van der Waals surface area contributed by atoms with Gasteiger partial charge in [0.25, 0.3) is 5.91 Å². The summed E-state index contributed by atoms with van der Waals surface area (Å²) in [6, 6.07) is 10.8. The van der Waals surface area contributed by atoms with Crippen molar-refractivity contribution in [3.8, 4) is 0 Å². The fraction of sp³-hybridized carbons (Fsp3) is 0.294. The quantitative estimate of drug-likeness (QED) is 0.890. The zero-order valence-electron chi connectivity index (χ0n) is 12.5. The van der Waals surface area contributed by atoms with E-state index in [9.17, 15) is 9.59 Å². The molecule has 1 aliphatic heterocycles. The van der Waals surface area contributed by atoms with Crippen molar-refractivity contribution in [3.63, 3.8) is 0 Å². The number of rotatable bonds is 3. The normalized spacial score (nSPS) is 17.8. The maximum atomic E-state index is 12.4. The van der Waals surface area contributed by atoms with Crippen LogP contribution in [0.25, 0.3) is 0 Å². The van der Waals surface area contributed by atoms with E-state index in [-0.39, 0.29) is 17.7 Å². The van der Waals surface area contributed by atoms with Gasteiger partial charge in [-0.2, -0.15) is 0 Å². The van der Waals surface area contributed by atoms with Gasteiger partial charge in [-0.3, -0.25) is 9.59 Å². The third kappa shape index (κ3) is 3.82. The number of likely N-dealkylation sites (tertiary alicyclic amines) is 1. The van der Waals surface area contributed by atoms with Crippen LogP contribution in [-0.4, -0.2) is 29.8 Å². The molecule has 23 heavy (non-hydrogen) atoms. The SMILES string of the molecule is O=C(Nc1ccc(Br)cc1)[C@@H]1CCCN(C(=O)c2ccco2)C1. The Hall–Kier alpha value is -2.08. The molecule has 1 N–H and O–H groups in total. The lowest BCUT2D eigenvalue weighted by Crippen LogP contribution is -2.43. The van der Waals surface area contributed by atoms with Gasteiger partial charge in [0.05, 0.1) is 12.2 Å². The van der Waals surface area contributed by atoms with Gasteiger partial charge in [0.15, 0.2) is 5.76 Å². The number of nitrogens with zero attached hydrogens (tertiary/aromatic N) is 1. The Morgan fingerprint density at radius 1 is 1.22 bits per heavy atom. The van der Waals surface area contributed by atoms with Crippen LogP contribution in [0.1, 0.15) is 23.4 Å². The fourth-order valence-corrected chi connectivity index (χ4v) is 2.97. The number of furan rings is 1. The molecule has 0 radical (unpaired) electrons. The van der Waals surface area contributed by atoms with Crippen LogP contribution in [0, 0.1) is 5.92 Å².